The van der Waals surface area contributed by atoms with Crippen molar-refractivity contribution in [3.63, 3.8) is 0 Å². The van der Waals surface area contributed by atoms with Gasteiger partial charge in [0.1, 0.15) is 11.7 Å². The number of carbonyl (C=O) groups is 4. The lowest BCUT2D eigenvalue weighted by Crippen LogP contribution is -2.74. The number of oxime groups is 1. The van der Waals surface area contributed by atoms with Gasteiger partial charge in [0.15, 0.2) is 16.6 Å². The Bertz CT molecular complexity index is 1700. The van der Waals surface area contributed by atoms with Crippen molar-refractivity contribution in [2.45, 2.75) is 37.1 Å². The van der Waals surface area contributed by atoms with Crippen molar-refractivity contribution in [1.82, 2.24) is 30.0 Å². The minimum absolute atomic E-state index is 0.000343. The van der Waals surface area contributed by atoms with Crippen LogP contribution in [0.3, 0.4) is 0 Å². The summed E-state index contributed by atoms with van der Waals surface area (Å²) in [4.78, 5) is 71.1. The van der Waals surface area contributed by atoms with Gasteiger partial charge in [-0.1, -0.05) is 5.16 Å². The number of aromatic nitrogens is 2. The van der Waals surface area contributed by atoms with Crippen molar-refractivity contribution in [2.75, 3.05) is 25.5 Å². The fourth-order valence-corrected chi connectivity index (χ4v) is 5.69. The Hall–Kier alpha value is -5.00. The number of nitrogens with two attached hydrogens (primary N) is 1. The van der Waals surface area contributed by atoms with Crippen molar-refractivity contribution >= 4 is 56.3 Å². The molecule has 21 nitrogen and oxygen atoms in total. The number of rotatable bonds is 11. The van der Waals surface area contributed by atoms with E-state index in [1.807, 2.05) is 0 Å². The summed E-state index contributed by atoms with van der Waals surface area (Å²) in [5, 5.41) is 40.5. The Morgan fingerprint density at radius 2 is 1.93 bits per heavy atom. The standard InChI is InChI=1S/C22H26N8O13S2/c23-20-26-11(9-44-20)15(28-43-22(19(35)36)1-3-42-4-2-22)17(33)27-16-12(30(18(16)34)45(39,40)41)7-25-21(37)24-6-10-5-13(31)14(32)8-29(10)38/h5,8-9,12,16,32,38H,1-4,6-7H2,(H2,23,26)(H,27,33)(H,35,36)(H2,24,25,37)(H,39,40,41)/b28-15-. The first-order valence-corrected chi connectivity index (χ1v) is 15.0. The third-order valence-corrected chi connectivity index (χ3v) is 8.30. The van der Waals surface area contributed by atoms with Crippen molar-refractivity contribution in [3.8, 4) is 5.75 Å². The number of amides is 4. The molecule has 0 bridgehead atoms. The van der Waals surface area contributed by atoms with Crippen LogP contribution >= 0.6 is 11.3 Å². The summed E-state index contributed by atoms with van der Waals surface area (Å²) >= 11 is 0.902. The van der Waals surface area contributed by atoms with E-state index >= 15 is 0 Å². The molecule has 2 atom stereocenters. The predicted octanol–water partition coefficient (Wildman–Crippen LogP) is -2.82. The zero-order chi connectivity index (χ0) is 33.1. The topological polar surface area (TPSA) is 314 Å². The average Bonchev–Trinajstić information content (AvgIpc) is 3.40. The third kappa shape index (κ3) is 7.22. The number of aromatic hydroxyl groups is 1. The highest BCUT2D eigenvalue weighted by molar-refractivity contribution is 7.84. The highest BCUT2D eigenvalue weighted by atomic mass is 32.2. The van der Waals surface area contributed by atoms with E-state index in [1.165, 1.54) is 5.38 Å². The van der Waals surface area contributed by atoms with Crippen LogP contribution in [0.5, 0.6) is 5.75 Å². The molecule has 0 aliphatic carbocycles. The number of β-lactam (4-membered cyclic amide) rings is 1. The molecule has 0 radical (unpaired) electrons. The molecule has 45 heavy (non-hydrogen) atoms. The van der Waals surface area contributed by atoms with Gasteiger partial charge < -0.3 is 46.7 Å². The summed E-state index contributed by atoms with van der Waals surface area (Å²) in [5.74, 6) is -4.57. The summed E-state index contributed by atoms with van der Waals surface area (Å²) in [6.07, 6.45) is 0.481. The second-order valence-corrected chi connectivity index (χ2v) is 11.7. The van der Waals surface area contributed by atoms with Gasteiger partial charge >= 0.3 is 22.3 Å². The van der Waals surface area contributed by atoms with Crippen molar-refractivity contribution in [2.24, 2.45) is 5.16 Å². The number of hydrogen-bond acceptors (Lipinski definition) is 15. The van der Waals surface area contributed by atoms with Crippen LogP contribution in [0.15, 0.2) is 27.6 Å². The minimum atomic E-state index is -5.16. The molecular weight excluding hydrogens is 648 g/mol. The van der Waals surface area contributed by atoms with Crippen LogP contribution in [-0.4, -0.2) is 109 Å². The number of ether oxygens (including phenoxy) is 1. The fourth-order valence-electron chi connectivity index (χ4n) is 4.27. The predicted molar refractivity (Wildman–Crippen MR) is 148 cm³/mol. The molecular formula is C22H26N8O13S2. The van der Waals surface area contributed by atoms with Crippen LogP contribution < -0.4 is 27.1 Å². The van der Waals surface area contributed by atoms with Gasteiger partial charge in [0.25, 0.3) is 11.8 Å². The van der Waals surface area contributed by atoms with Crippen LogP contribution in [0.25, 0.3) is 0 Å². The zero-order valence-corrected chi connectivity index (χ0v) is 24.4. The van der Waals surface area contributed by atoms with E-state index < -0.39 is 81.8 Å². The Kier molecular flexibility index (Phi) is 9.45. The lowest BCUT2D eigenvalue weighted by Gasteiger charge is -2.44. The molecule has 244 valence electrons. The third-order valence-electron chi connectivity index (χ3n) is 6.68. The smallest absolute Gasteiger partial charge is 0.362 e. The summed E-state index contributed by atoms with van der Waals surface area (Å²) in [7, 11) is -5.16. The quantitative estimate of drug-likeness (QED) is 0.0392. The lowest BCUT2D eigenvalue weighted by atomic mass is 9.95. The number of carboxylic acids is 1. The number of aliphatic carboxylic acids is 1. The van der Waals surface area contributed by atoms with E-state index in [0.29, 0.717) is 10.9 Å². The first-order chi connectivity index (χ1) is 21.1. The number of anilines is 1. The molecule has 2 aromatic rings. The van der Waals surface area contributed by atoms with E-state index in [0.717, 1.165) is 17.4 Å². The molecule has 2 aliphatic rings. The number of carboxylic acid groups (broad SMARTS) is 1. The molecule has 9 N–H and O–H groups in total. The van der Waals surface area contributed by atoms with Gasteiger partial charge in [-0.25, -0.2) is 18.9 Å². The Morgan fingerprint density at radius 1 is 1.24 bits per heavy atom. The number of pyridine rings is 1. The van der Waals surface area contributed by atoms with Crippen molar-refractivity contribution in [1.29, 1.82) is 0 Å². The van der Waals surface area contributed by atoms with Gasteiger partial charge in [0.2, 0.25) is 11.0 Å². The SMILES string of the molecule is Nc1nc(/C(=N/OC2(C(=O)O)CCOCC2)C(=O)NC2C(=O)N(S(=O)(=O)O)C2CNC(=O)NCc2cc(=O)c(O)cn2O)cs1. The highest BCUT2D eigenvalue weighted by Gasteiger charge is 2.54. The van der Waals surface area contributed by atoms with E-state index in [2.05, 4.69) is 26.1 Å². The Balaban J connectivity index is 1.49. The summed E-state index contributed by atoms with van der Waals surface area (Å²) in [5.41, 5.74) is 2.06. The molecule has 0 saturated carbocycles. The number of nitrogen functional groups attached to an aromatic ring is 1. The van der Waals surface area contributed by atoms with E-state index in [1.54, 1.807) is 0 Å². The largest absolute Gasteiger partial charge is 0.503 e. The van der Waals surface area contributed by atoms with Crippen LogP contribution in [0.1, 0.15) is 24.2 Å². The van der Waals surface area contributed by atoms with Gasteiger partial charge in [-0.15, -0.1) is 11.3 Å². The molecule has 2 aromatic heterocycles. The zero-order valence-electron chi connectivity index (χ0n) is 22.8. The van der Waals surface area contributed by atoms with Crippen molar-refractivity contribution in [3.05, 3.63) is 39.3 Å². The molecule has 4 rings (SSSR count). The Labute approximate surface area is 256 Å². The van der Waals surface area contributed by atoms with E-state index in [4.69, 9.17) is 15.3 Å². The summed E-state index contributed by atoms with van der Waals surface area (Å²) in [6.45, 7) is -1.03. The van der Waals surface area contributed by atoms with Crippen LogP contribution in [0.4, 0.5) is 9.93 Å². The van der Waals surface area contributed by atoms with Gasteiger partial charge in [-0.05, 0) is 0 Å². The molecule has 0 spiro atoms. The molecule has 2 fully saturated rings. The number of urea groups is 1. The van der Waals surface area contributed by atoms with Crippen LogP contribution in [-0.2, 0) is 40.8 Å². The maximum Gasteiger partial charge on any atom is 0.362 e. The second kappa shape index (κ2) is 12.9. The highest BCUT2D eigenvalue weighted by Crippen LogP contribution is 2.27. The fraction of sp³-hybridized carbons (Fsp3) is 0.409. The van der Waals surface area contributed by atoms with Gasteiger partial charge in [-0.3, -0.25) is 18.9 Å². The second-order valence-electron chi connectivity index (χ2n) is 9.57. The monoisotopic (exact) mass is 674 g/mol. The number of carbonyl (C=O) groups excluding carboxylic acids is 3. The van der Waals surface area contributed by atoms with Crippen LogP contribution in [0, 0.1) is 0 Å². The molecule has 2 aliphatic heterocycles. The van der Waals surface area contributed by atoms with E-state index in [-0.39, 0.29) is 46.9 Å². The number of thiazole rings is 1. The lowest BCUT2D eigenvalue weighted by molar-refractivity contribution is -0.178. The maximum atomic E-state index is 13.3. The van der Waals surface area contributed by atoms with Gasteiger partial charge in [-0.2, -0.15) is 13.1 Å². The normalized spacial score (nSPS) is 19.7. The molecule has 0 aromatic carbocycles. The molecule has 2 unspecified atom stereocenters. The molecule has 2 saturated heterocycles. The number of hydrogen-bond donors (Lipinski definition) is 8. The molecule has 23 heteroatoms. The van der Waals surface area contributed by atoms with Crippen LogP contribution in [0.2, 0.25) is 0 Å². The minimum Gasteiger partial charge on any atom is -0.503 e. The first kappa shape index (κ1) is 32.9. The van der Waals surface area contributed by atoms with Gasteiger partial charge in [0, 0.05) is 30.8 Å². The first-order valence-electron chi connectivity index (χ1n) is 12.7. The van der Waals surface area contributed by atoms with E-state index in [9.17, 15) is 52.4 Å². The summed E-state index contributed by atoms with van der Waals surface area (Å²) < 4.78 is 38.8. The molecule has 4 amide bonds. The van der Waals surface area contributed by atoms with Crippen molar-refractivity contribution < 1.29 is 57.1 Å². The van der Waals surface area contributed by atoms with Gasteiger partial charge in [0.05, 0.1) is 37.7 Å². The number of nitrogens with one attached hydrogen (secondary N) is 3. The summed E-state index contributed by atoms with van der Waals surface area (Å²) in [6, 6.07) is -3.36. The Morgan fingerprint density at radius 3 is 2.53 bits per heavy atom. The maximum absolute atomic E-state index is 13.3. The average molecular weight is 675 g/mol. The molecule has 4 heterocycles. The number of nitrogens with zero attached hydrogens (tertiary/aromatic N) is 4.